The van der Waals surface area contributed by atoms with Gasteiger partial charge in [-0.2, -0.15) is 0 Å². The molecule has 2 heterocycles. The van der Waals surface area contributed by atoms with Gasteiger partial charge in [-0.1, -0.05) is 6.07 Å². The van der Waals surface area contributed by atoms with Crippen LogP contribution in [0.1, 0.15) is 5.69 Å². The van der Waals surface area contributed by atoms with Crippen molar-refractivity contribution in [2.24, 2.45) is 0 Å². The minimum atomic E-state index is -0.169. The molecule has 0 radical (unpaired) electrons. The van der Waals surface area contributed by atoms with Crippen LogP contribution in [0.25, 0.3) is 10.9 Å². The van der Waals surface area contributed by atoms with E-state index >= 15 is 0 Å². The third-order valence-electron chi connectivity index (χ3n) is 2.74. The zero-order valence-electron chi connectivity index (χ0n) is 10.3. The third-order valence-corrected chi connectivity index (χ3v) is 2.74. The molecule has 0 amide bonds. The van der Waals surface area contributed by atoms with E-state index in [4.69, 9.17) is 0 Å². The summed E-state index contributed by atoms with van der Waals surface area (Å²) in [6, 6.07) is 11.1. The predicted molar refractivity (Wildman–Crippen MR) is 74.6 cm³/mol. The first-order valence-corrected chi connectivity index (χ1v) is 5.90. The van der Waals surface area contributed by atoms with Crippen molar-refractivity contribution in [3.63, 3.8) is 0 Å². The van der Waals surface area contributed by atoms with E-state index in [-0.39, 0.29) is 5.56 Å². The summed E-state index contributed by atoms with van der Waals surface area (Å²) in [6.45, 7) is 1.78. The van der Waals surface area contributed by atoms with Crippen LogP contribution in [0, 0.1) is 6.92 Å². The van der Waals surface area contributed by atoms with Crippen molar-refractivity contribution in [1.82, 2.24) is 15.0 Å². The summed E-state index contributed by atoms with van der Waals surface area (Å²) in [5.74, 6) is 0.438. The Balaban J connectivity index is 1.98. The summed E-state index contributed by atoms with van der Waals surface area (Å²) in [6.07, 6.45) is 1.76. The van der Waals surface area contributed by atoms with E-state index in [1.54, 1.807) is 13.1 Å². The maximum atomic E-state index is 11.4. The molecule has 5 nitrogen and oxygen atoms in total. The van der Waals surface area contributed by atoms with E-state index in [1.165, 1.54) is 6.07 Å². The molecule has 0 aliphatic rings. The molecular formula is C14H12N4O. The van der Waals surface area contributed by atoms with E-state index in [2.05, 4.69) is 20.3 Å². The largest absolute Gasteiger partial charge is 0.326 e. The number of benzene rings is 1. The Morgan fingerprint density at radius 2 is 2.11 bits per heavy atom. The second-order valence-corrected chi connectivity index (χ2v) is 4.27. The molecule has 0 bridgehead atoms. The fraction of sp³-hybridized carbons (Fsp3) is 0.0714. The van der Waals surface area contributed by atoms with Crippen LogP contribution in [0.4, 0.5) is 11.6 Å². The standard InChI is InChI=1S/C14H12N4O/c1-9-7-13(19)18-14(16-9)17-11-4-5-12-10(8-11)3-2-6-15-12/h2-8H,1H3,(H2,16,17,18,19). The van der Waals surface area contributed by atoms with Crippen molar-refractivity contribution in [2.75, 3.05) is 5.32 Å². The number of fused-ring (bicyclic) bond motifs is 1. The van der Waals surface area contributed by atoms with Gasteiger partial charge < -0.3 is 5.32 Å². The van der Waals surface area contributed by atoms with Gasteiger partial charge in [-0.15, -0.1) is 0 Å². The number of hydrogen-bond donors (Lipinski definition) is 2. The van der Waals surface area contributed by atoms with Crippen LogP contribution in [-0.2, 0) is 0 Å². The number of aromatic nitrogens is 3. The van der Waals surface area contributed by atoms with Crippen molar-refractivity contribution in [3.8, 4) is 0 Å². The summed E-state index contributed by atoms with van der Waals surface area (Å²) >= 11 is 0. The van der Waals surface area contributed by atoms with Gasteiger partial charge in [0.2, 0.25) is 5.95 Å². The van der Waals surface area contributed by atoms with Crippen molar-refractivity contribution in [3.05, 3.63) is 58.6 Å². The monoisotopic (exact) mass is 252 g/mol. The second-order valence-electron chi connectivity index (χ2n) is 4.27. The molecule has 5 heteroatoms. The van der Waals surface area contributed by atoms with Gasteiger partial charge >= 0.3 is 0 Å². The van der Waals surface area contributed by atoms with E-state index in [9.17, 15) is 4.79 Å². The lowest BCUT2D eigenvalue weighted by Gasteiger charge is -2.06. The number of aromatic amines is 1. The molecule has 1 aromatic carbocycles. The third kappa shape index (κ3) is 2.44. The Labute approximate surface area is 109 Å². The normalized spacial score (nSPS) is 10.6. The molecule has 94 valence electrons. The molecule has 3 rings (SSSR count). The first-order chi connectivity index (χ1) is 9.20. The summed E-state index contributed by atoms with van der Waals surface area (Å²) in [5, 5.41) is 4.11. The van der Waals surface area contributed by atoms with Gasteiger partial charge in [-0.3, -0.25) is 14.8 Å². The van der Waals surface area contributed by atoms with Gasteiger partial charge in [0, 0.05) is 29.0 Å². The maximum Gasteiger partial charge on any atom is 0.252 e. The number of anilines is 2. The number of rotatable bonds is 2. The van der Waals surface area contributed by atoms with Crippen LogP contribution in [-0.4, -0.2) is 15.0 Å². The van der Waals surface area contributed by atoms with Gasteiger partial charge in [-0.05, 0) is 31.2 Å². The number of hydrogen-bond acceptors (Lipinski definition) is 4. The molecule has 2 aromatic heterocycles. The molecule has 0 atom stereocenters. The average Bonchev–Trinajstić information content (AvgIpc) is 2.37. The number of H-pyrrole nitrogens is 1. The van der Waals surface area contributed by atoms with Crippen molar-refractivity contribution in [2.45, 2.75) is 6.92 Å². The summed E-state index contributed by atoms with van der Waals surface area (Å²) in [7, 11) is 0. The SMILES string of the molecule is Cc1cc(=O)[nH]c(Nc2ccc3ncccc3c2)n1. The van der Waals surface area contributed by atoms with Gasteiger partial charge in [-0.25, -0.2) is 4.98 Å². The highest BCUT2D eigenvalue weighted by molar-refractivity contribution is 5.82. The Kier molecular flexibility index (Phi) is 2.72. The average molecular weight is 252 g/mol. The number of nitrogens with zero attached hydrogens (tertiary/aromatic N) is 2. The molecule has 0 spiro atoms. The molecule has 2 N–H and O–H groups in total. The lowest BCUT2D eigenvalue weighted by Crippen LogP contribution is -2.10. The summed E-state index contributed by atoms with van der Waals surface area (Å²) < 4.78 is 0. The smallest absolute Gasteiger partial charge is 0.252 e. The van der Waals surface area contributed by atoms with Crippen LogP contribution in [0.2, 0.25) is 0 Å². The molecule has 0 unspecified atom stereocenters. The molecule has 0 aliphatic carbocycles. The number of aryl methyl sites for hydroxylation is 1. The lowest BCUT2D eigenvalue weighted by atomic mass is 10.2. The fourth-order valence-electron chi connectivity index (χ4n) is 1.93. The summed E-state index contributed by atoms with van der Waals surface area (Å²) in [4.78, 5) is 22.5. The minimum Gasteiger partial charge on any atom is -0.326 e. The van der Waals surface area contributed by atoms with Gasteiger partial charge in [0.25, 0.3) is 5.56 Å². The quantitative estimate of drug-likeness (QED) is 0.734. The zero-order valence-corrected chi connectivity index (χ0v) is 10.3. The maximum absolute atomic E-state index is 11.4. The Hall–Kier alpha value is -2.69. The van der Waals surface area contributed by atoms with Crippen LogP contribution in [0.15, 0.2) is 47.4 Å². The van der Waals surface area contributed by atoms with Crippen LogP contribution in [0.3, 0.4) is 0 Å². The molecule has 0 saturated heterocycles. The molecule has 0 saturated carbocycles. The molecular weight excluding hydrogens is 240 g/mol. The Morgan fingerprint density at radius 3 is 2.95 bits per heavy atom. The van der Waals surface area contributed by atoms with E-state index in [1.807, 2.05) is 30.3 Å². The van der Waals surface area contributed by atoms with Gasteiger partial charge in [0.15, 0.2) is 0 Å². The van der Waals surface area contributed by atoms with Gasteiger partial charge in [0.05, 0.1) is 5.52 Å². The highest BCUT2D eigenvalue weighted by Gasteiger charge is 2.00. The Morgan fingerprint density at radius 1 is 1.21 bits per heavy atom. The molecule has 3 aromatic rings. The lowest BCUT2D eigenvalue weighted by molar-refractivity contribution is 1.07. The number of nitrogens with one attached hydrogen (secondary N) is 2. The highest BCUT2D eigenvalue weighted by atomic mass is 16.1. The van der Waals surface area contributed by atoms with E-state index < -0.39 is 0 Å². The zero-order chi connectivity index (χ0) is 13.2. The van der Waals surface area contributed by atoms with E-state index in [0.29, 0.717) is 11.6 Å². The molecule has 0 aliphatic heterocycles. The van der Waals surface area contributed by atoms with Crippen LogP contribution >= 0.6 is 0 Å². The van der Waals surface area contributed by atoms with Crippen molar-refractivity contribution >= 4 is 22.5 Å². The second kappa shape index (κ2) is 4.53. The topological polar surface area (TPSA) is 70.7 Å². The molecule has 19 heavy (non-hydrogen) atoms. The van der Waals surface area contributed by atoms with Crippen LogP contribution in [0.5, 0.6) is 0 Å². The highest BCUT2D eigenvalue weighted by Crippen LogP contribution is 2.18. The first-order valence-electron chi connectivity index (χ1n) is 5.90. The Bertz CT molecular complexity index is 795. The van der Waals surface area contributed by atoms with E-state index in [0.717, 1.165) is 16.6 Å². The first kappa shape index (κ1) is 11.4. The van der Waals surface area contributed by atoms with Crippen molar-refractivity contribution in [1.29, 1.82) is 0 Å². The van der Waals surface area contributed by atoms with Crippen molar-refractivity contribution < 1.29 is 0 Å². The predicted octanol–water partition coefficient (Wildman–Crippen LogP) is 2.37. The summed E-state index contributed by atoms with van der Waals surface area (Å²) in [5.41, 5.74) is 2.29. The minimum absolute atomic E-state index is 0.169. The van der Waals surface area contributed by atoms with Crippen LogP contribution < -0.4 is 10.9 Å². The molecule has 0 fully saturated rings. The number of pyridine rings is 1. The fourth-order valence-corrected chi connectivity index (χ4v) is 1.93. The van der Waals surface area contributed by atoms with Gasteiger partial charge in [0.1, 0.15) is 0 Å².